The molecule has 0 aromatic heterocycles. The third-order valence-corrected chi connectivity index (χ3v) is 4.00. The van der Waals surface area contributed by atoms with Gasteiger partial charge in [-0.05, 0) is 19.3 Å². The molecule has 0 radical (unpaired) electrons. The van der Waals surface area contributed by atoms with Gasteiger partial charge in [0.25, 0.3) is 5.97 Å². The molecular formula is C16H31F3O3. The summed E-state index contributed by atoms with van der Waals surface area (Å²) in [5.41, 5.74) is 0. The number of methoxy groups -OCH3 is 3. The van der Waals surface area contributed by atoms with E-state index in [9.17, 15) is 13.2 Å². The molecule has 0 aliphatic carbocycles. The van der Waals surface area contributed by atoms with Crippen molar-refractivity contribution in [2.24, 2.45) is 5.92 Å². The minimum Gasteiger partial charge on any atom is -0.331 e. The van der Waals surface area contributed by atoms with Gasteiger partial charge in [0.1, 0.15) is 0 Å². The summed E-state index contributed by atoms with van der Waals surface area (Å²) in [5, 5.41) is 0. The fourth-order valence-electron chi connectivity index (χ4n) is 2.84. The van der Waals surface area contributed by atoms with Crippen molar-refractivity contribution in [2.75, 3.05) is 21.3 Å². The number of rotatable bonds is 13. The summed E-state index contributed by atoms with van der Waals surface area (Å²) in [6.07, 6.45) is 1.63. The van der Waals surface area contributed by atoms with Gasteiger partial charge >= 0.3 is 6.18 Å². The third kappa shape index (κ3) is 8.34. The summed E-state index contributed by atoms with van der Waals surface area (Å²) in [6, 6.07) is 0. The Morgan fingerprint density at radius 1 is 0.773 bits per heavy atom. The Morgan fingerprint density at radius 2 is 1.27 bits per heavy atom. The normalized spacial score (nSPS) is 14.3. The van der Waals surface area contributed by atoms with Gasteiger partial charge in [-0.25, -0.2) is 0 Å². The van der Waals surface area contributed by atoms with E-state index in [1.165, 1.54) is 0 Å². The van der Waals surface area contributed by atoms with E-state index < -0.39 is 18.6 Å². The van der Waals surface area contributed by atoms with Crippen molar-refractivity contribution >= 4 is 0 Å². The second-order valence-corrected chi connectivity index (χ2v) is 5.62. The predicted molar refractivity (Wildman–Crippen MR) is 80.5 cm³/mol. The molecule has 1 atom stereocenters. The minimum absolute atomic E-state index is 0.118. The second kappa shape index (κ2) is 11.2. The highest BCUT2D eigenvalue weighted by Gasteiger charge is 2.38. The monoisotopic (exact) mass is 328 g/mol. The molecule has 134 valence electrons. The van der Waals surface area contributed by atoms with Gasteiger partial charge in [-0.2, -0.15) is 13.2 Å². The maximum Gasteiger partial charge on any atom is 0.389 e. The Morgan fingerprint density at radius 3 is 1.73 bits per heavy atom. The lowest BCUT2D eigenvalue weighted by Gasteiger charge is -2.36. The van der Waals surface area contributed by atoms with Crippen LogP contribution in [0.5, 0.6) is 0 Å². The first-order chi connectivity index (χ1) is 10.3. The zero-order chi connectivity index (χ0) is 17.1. The van der Waals surface area contributed by atoms with Gasteiger partial charge in [-0.3, -0.25) is 0 Å². The zero-order valence-electron chi connectivity index (χ0n) is 14.3. The number of hydrogen-bond donors (Lipinski definition) is 0. The van der Waals surface area contributed by atoms with Gasteiger partial charge < -0.3 is 14.2 Å². The van der Waals surface area contributed by atoms with Crippen LogP contribution in [0.4, 0.5) is 13.2 Å². The Kier molecular flexibility index (Phi) is 11.1. The number of alkyl halides is 3. The summed E-state index contributed by atoms with van der Waals surface area (Å²) in [5.74, 6) is -0.903. The van der Waals surface area contributed by atoms with Crippen molar-refractivity contribution in [1.82, 2.24) is 0 Å². The van der Waals surface area contributed by atoms with Crippen LogP contribution in [0.25, 0.3) is 0 Å². The van der Waals surface area contributed by atoms with Gasteiger partial charge in [0.15, 0.2) is 0 Å². The highest BCUT2D eigenvalue weighted by Crippen LogP contribution is 2.32. The van der Waals surface area contributed by atoms with Crippen LogP contribution in [0.3, 0.4) is 0 Å². The lowest BCUT2D eigenvalue weighted by atomic mass is 9.93. The maximum absolute atomic E-state index is 12.0. The molecule has 0 bridgehead atoms. The number of halogens is 3. The Bertz CT molecular complexity index is 258. The Hall–Kier alpha value is -0.330. The van der Waals surface area contributed by atoms with Crippen LogP contribution < -0.4 is 0 Å². The molecule has 0 N–H and O–H groups in total. The van der Waals surface area contributed by atoms with Gasteiger partial charge in [0, 0.05) is 33.7 Å². The average Bonchev–Trinajstić information content (AvgIpc) is 2.47. The van der Waals surface area contributed by atoms with Gasteiger partial charge in [-0.1, -0.05) is 39.0 Å². The van der Waals surface area contributed by atoms with Crippen molar-refractivity contribution in [1.29, 1.82) is 0 Å². The lowest BCUT2D eigenvalue weighted by Crippen LogP contribution is -2.44. The molecule has 0 saturated carbocycles. The fourth-order valence-corrected chi connectivity index (χ4v) is 2.84. The third-order valence-electron chi connectivity index (χ3n) is 4.00. The van der Waals surface area contributed by atoms with E-state index in [4.69, 9.17) is 14.2 Å². The zero-order valence-corrected chi connectivity index (χ0v) is 14.3. The van der Waals surface area contributed by atoms with E-state index in [2.05, 4.69) is 6.92 Å². The summed E-state index contributed by atoms with van der Waals surface area (Å²) < 4.78 is 52.3. The molecule has 3 nitrogen and oxygen atoms in total. The molecule has 0 aromatic rings. The van der Waals surface area contributed by atoms with Crippen LogP contribution in [0.1, 0.15) is 64.7 Å². The number of hydrogen-bond acceptors (Lipinski definition) is 3. The molecule has 0 heterocycles. The van der Waals surface area contributed by atoms with E-state index in [0.717, 1.165) is 38.5 Å². The molecule has 0 aliphatic heterocycles. The SMILES string of the molecule is CCCC(CCCCCCCC(F)(F)F)C(OC)(OC)OC. The fraction of sp³-hybridized carbons (Fsp3) is 1.00. The van der Waals surface area contributed by atoms with E-state index in [1.54, 1.807) is 21.3 Å². The van der Waals surface area contributed by atoms with Crippen LogP contribution in [0.15, 0.2) is 0 Å². The molecule has 0 spiro atoms. The molecule has 22 heavy (non-hydrogen) atoms. The van der Waals surface area contributed by atoms with Gasteiger partial charge in [-0.15, -0.1) is 0 Å². The molecule has 0 aromatic carbocycles. The van der Waals surface area contributed by atoms with E-state index >= 15 is 0 Å². The molecule has 0 saturated heterocycles. The van der Waals surface area contributed by atoms with E-state index in [-0.39, 0.29) is 12.3 Å². The van der Waals surface area contributed by atoms with Gasteiger partial charge in [0.05, 0.1) is 0 Å². The first-order valence-electron chi connectivity index (χ1n) is 8.07. The van der Waals surface area contributed by atoms with Crippen molar-refractivity contribution in [3.05, 3.63) is 0 Å². The standard InChI is InChI=1S/C16H31F3O3/c1-5-11-14(16(20-2,21-3)22-4)12-9-7-6-8-10-13-15(17,18)19/h14H,5-13H2,1-4H3. The summed E-state index contributed by atoms with van der Waals surface area (Å²) in [7, 11) is 4.69. The van der Waals surface area contributed by atoms with E-state index in [1.807, 2.05) is 0 Å². The van der Waals surface area contributed by atoms with Crippen molar-refractivity contribution in [3.8, 4) is 0 Å². The van der Waals surface area contributed by atoms with Crippen LogP contribution in [0.2, 0.25) is 0 Å². The summed E-state index contributed by atoms with van der Waals surface area (Å²) in [4.78, 5) is 0. The van der Waals surface area contributed by atoms with Crippen LogP contribution in [0, 0.1) is 5.92 Å². The summed E-state index contributed by atoms with van der Waals surface area (Å²) >= 11 is 0. The predicted octanol–water partition coefficient (Wildman–Crippen LogP) is 5.29. The molecule has 0 fully saturated rings. The highest BCUT2D eigenvalue weighted by molar-refractivity contribution is 4.71. The Balaban J connectivity index is 4.06. The highest BCUT2D eigenvalue weighted by atomic mass is 19.4. The molecule has 0 rings (SSSR count). The van der Waals surface area contributed by atoms with Crippen molar-refractivity contribution < 1.29 is 27.4 Å². The molecular weight excluding hydrogens is 297 g/mol. The molecule has 1 unspecified atom stereocenters. The van der Waals surface area contributed by atoms with Crippen molar-refractivity contribution in [2.45, 2.75) is 76.9 Å². The maximum atomic E-state index is 12.0. The largest absolute Gasteiger partial charge is 0.389 e. The first kappa shape index (κ1) is 21.7. The number of ether oxygens (including phenoxy) is 3. The quantitative estimate of drug-likeness (QED) is 0.340. The number of unbranched alkanes of at least 4 members (excludes halogenated alkanes) is 4. The Labute approximate surface area is 132 Å². The second-order valence-electron chi connectivity index (χ2n) is 5.62. The lowest BCUT2D eigenvalue weighted by molar-refractivity contribution is -0.380. The van der Waals surface area contributed by atoms with Crippen LogP contribution in [-0.4, -0.2) is 33.5 Å². The summed E-state index contributed by atoms with van der Waals surface area (Å²) in [6.45, 7) is 2.09. The van der Waals surface area contributed by atoms with Crippen molar-refractivity contribution in [3.63, 3.8) is 0 Å². The van der Waals surface area contributed by atoms with Gasteiger partial charge in [0.2, 0.25) is 0 Å². The molecule has 0 amide bonds. The average molecular weight is 328 g/mol. The van der Waals surface area contributed by atoms with Crippen LogP contribution in [-0.2, 0) is 14.2 Å². The molecule has 6 heteroatoms. The smallest absolute Gasteiger partial charge is 0.331 e. The topological polar surface area (TPSA) is 27.7 Å². The molecule has 0 aliphatic rings. The van der Waals surface area contributed by atoms with Crippen LogP contribution >= 0.6 is 0 Å². The minimum atomic E-state index is -4.03. The van der Waals surface area contributed by atoms with E-state index in [0.29, 0.717) is 6.42 Å². The first-order valence-corrected chi connectivity index (χ1v) is 8.07.